The lowest BCUT2D eigenvalue weighted by Gasteiger charge is -2.02. The molecule has 0 spiro atoms. The summed E-state index contributed by atoms with van der Waals surface area (Å²) in [5, 5.41) is 5.48. The molecule has 0 atom stereocenters. The molecule has 1 amide bonds. The summed E-state index contributed by atoms with van der Waals surface area (Å²) in [6.45, 7) is 3.68. The van der Waals surface area contributed by atoms with Crippen molar-refractivity contribution in [1.29, 1.82) is 0 Å². The van der Waals surface area contributed by atoms with Gasteiger partial charge in [-0.15, -0.1) is 5.10 Å². The quantitative estimate of drug-likeness (QED) is 0.156. The summed E-state index contributed by atoms with van der Waals surface area (Å²) >= 11 is 0. The van der Waals surface area contributed by atoms with Gasteiger partial charge in [0, 0.05) is 5.57 Å². The van der Waals surface area contributed by atoms with Gasteiger partial charge in [0.2, 0.25) is 5.96 Å². The van der Waals surface area contributed by atoms with Crippen molar-refractivity contribution >= 4 is 11.9 Å². The largest absolute Gasteiger partial charge is 0.368 e. The summed E-state index contributed by atoms with van der Waals surface area (Å²) in [4.78, 5) is 11.5. The molecule has 5 nitrogen and oxygen atoms in total. The van der Waals surface area contributed by atoms with Crippen molar-refractivity contribution in [2.45, 2.75) is 13.8 Å². The van der Waals surface area contributed by atoms with Gasteiger partial charge in [0.25, 0.3) is 5.91 Å². The summed E-state index contributed by atoms with van der Waals surface area (Å²) in [7, 11) is 0. The van der Waals surface area contributed by atoms with Gasteiger partial charge in [-0.1, -0.05) is 24.3 Å². The average Bonchev–Trinajstić information content (AvgIpc) is 2.23. The summed E-state index contributed by atoms with van der Waals surface area (Å²) in [5.74, 6) is 4.43. The van der Waals surface area contributed by atoms with Gasteiger partial charge >= 0.3 is 0 Å². The van der Waals surface area contributed by atoms with E-state index in [9.17, 15) is 4.79 Å². The number of nitrogens with two attached hydrogens (primary N) is 2. The lowest BCUT2D eigenvalue weighted by molar-refractivity contribution is -0.115. The van der Waals surface area contributed by atoms with Crippen LogP contribution in [0.15, 0.2) is 41.1 Å². The van der Waals surface area contributed by atoms with Crippen molar-refractivity contribution < 1.29 is 4.79 Å². The third-order valence-electron chi connectivity index (χ3n) is 1.46. The zero-order chi connectivity index (χ0) is 11.7. The number of nitrogens with zero attached hydrogens (tertiary/aromatic N) is 1. The average molecular weight is 208 g/mol. The molecule has 82 valence electrons. The standard InChI is InChI=1S/C10H16N4O/c1-3-5-7-8(6-4-2)9(15)13-10(11)14-12/h3-7H,12H2,1-2H3,(H3,11,13,14,15)/b5-3-,6-4-,8-7+. The van der Waals surface area contributed by atoms with Crippen LogP contribution in [0.5, 0.6) is 0 Å². The molecule has 0 fully saturated rings. The van der Waals surface area contributed by atoms with E-state index >= 15 is 0 Å². The molecule has 15 heavy (non-hydrogen) atoms. The molecule has 5 N–H and O–H groups in total. The van der Waals surface area contributed by atoms with E-state index in [1.165, 1.54) is 0 Å². The highest BCUT2D eigenvalue weighted by Gasteiger charge is 2.05. The van der Waals surface area contributed by atoms with Gasteiger partial charge in [-0.05, 0) is 19.9 Å². The Morgan fingerprint density at radius 1 is 1.33 bits per heavy atom. The molecule has 0 radical (unpaired) electrons. The topological polar surface area (TPSA) is 93.5 Å². The van der Waals surface area contributed by atoms with Crippen molar-refractivity contribution in [3.63, 3.8) is 0 Å². The van der Waals surface area contributed by atoms with Crippen LogP contribution < -0.4 is 16.9 Å². The number of hydrazone groups is 1. The number of guanidine groups is 1. The minimum Gasteiger partial charge on any atom is -0.368 e. The summed E-state index contributed by atoms with van der Waals surface area (Å²) in [6, 6.07) is 0. The fraction of sp³-hybridized carbons (Fsp3) is 0.200. The summed E-state index contributed by atoms with van der Waals surface area (Å²) in [6.07, 6.45) is 8.66. The smallest absolute Gasteiger partial charge is 0.257 e. The first kappa shape index (κ1) is 13.0. The molecular weight excluding hydrogens is 192 g/mol. The Kier molecular flexibility index (Phi) is 6.37. The fourth-order valence-electron chi connectivity index (χ4n) is 0.807. The van der Waals surface area contributed by atoms with E-state index < -0.39 is 0 Å². The van der Waals surface area contributed by atoms with Gasteiger partial charge < -0.3 is 11.6 Å². The van der Waals surface area contributed by atoms with Gasteiger partial charge in [0.15, 0.2) is 0 Å². The van der Waals surface area contributed by atoms with Crippen molar-refractivity contribution in [3.05, 3.63) is 36.0 Å². The van der Waals surface area contributed by atoms with Gasteiger partial charge in [-0.2, -0.15) is 0 Å². The molecule has 0 aromatic rings. The molecule has 0 bridgehead atoms. The number of nitrogens with one attached hydrogen (secondary N) is 1. The molecular formula is C10H16N4O. The predicted octanol–water partition coefficient (Wildman–Crippen LogP) is 0.370. The van der Waals surface area contributed by atoms with Crippen LogP contribution in [-0.2, 0) is 4.79 Å². The van der Waals surface area contributed by atoms with E-state index in [0.717, 1.165) is 0 Å². The number of hydrogen-bond acceptors (Lipinski definition) is 3. The molecule has 0 rings (SSSR count). The second kappa shape index (κ2) is 7.37. The molecule has 0 heterocycles. The molecule has 5 heteroatoms. The molecule has 0 aromatic heterocycles. The molecule has 0 saturated heterocycles. The highest BCUT2D eigenvalue weighted by Crippen LogP contribution is 1.98. The number of carbonyl (C=O) groups excluding carboxylic acids is 1. The van der Waals surface area contributed by atoms with Gasteiger partial charge in [0.05, 0.1) is 0 Å². The third-order valence-corrected chi connectivity index (χ3v) is 1.46. The number of rotatable bonds is 3. The van der Waals surface area contributed by atoms with Crippen LogP contribution in [0.1, 0.15) is 13.8 Å². The molecule has 0 aliphatic heterocycles. The number of hydrogen-bond donors (Lipinski definition) is 3. The van der Waals surface area contributed by atoms with E-state index in [-0.39, 0.29) is 11.9 Å². The van der Waals surface area contributed by atoms with Crippen LogP contribution in [0.25, 0.3) is 0 Å². The first-order valence-corrected chi connectivity index (χ1v) is 4.46. The van der Waals surface area contributed by atoms with Crippen molar-refractivity contribution in [3.8, 4) is 0 Å². The maximum atomic E-state index is 11.5. The summed E-state index contributed by atoms with van der Waals surface area (Å²) < 4.78 is 0. The Balaban J connectivity index is 4.71. The van der Waals surface area contributed by atoms with Crippen LogP contribution in [0.2, 0.25) is 0 Å². The van der Waals surface area contributed by atoms with Gasteiger partial charge in [-0.25, -0.2) is 0 Å². The van der Waals surface area contributed by atoms with Crippen LogP contribution in [0.4, 0.5) is 0 Å². The van der Waals surface area contributed by atoms with Gasteiger partial charge in [-0.3, -0.25) is 10.1 Å². The zero-order valence-corrected chi connectivity index (χ0v) is 8.90. The summed E-state index contributed by atoms with van der Waals surface area (Å²) in [5.41, 5.74) is 5.73. The number of amides is 1. The van der Waals surface area contributed by atoms with E-state index in [4.69, 9.17) is 11.6 Å². The maximum absolute atomic E-state index is 11.5. The zero-order valence-electron chi connectivity index (χ0n) is 8.90. The first-order chi connectivity index (χ1) is 7.15. The highest BCUT2D eigenvalue weighted by molar-refractivity contribution is 6.06. The Labute approximate surface area is 89.2 Å². The first-order valence-electron chi connectivity index (χ1n) is 4.46. The van der Waals surface area contributed by atoms with Crippen LogP contribution in [0, 0.1) is 0 Å². The predicted molar refractivity (Wildman–Crippen MR) is 61.7 cm³/mol. The Bertz CT molecular complexity index is 326. The van der Waals surface area contributed by atoms with Crippen molar-refractivity contribution in [1.82, 2.24) is 5.32 Å². The second-order valence-electron chi connectivity index (χ2n) is 2.62. The van der Waals surface area contributed by atoms with Crippen molar-refractivity contribution in [2.75, 3.05) is 0 Å². The molecule has 0 aromatic carbocycles. The molecule has 0 aliphatic rings. The second-order valence-corrected chi connectivity index (χ2v) is 2.62. The SMILES string of the molecule is C\C=C/C=C(\C=C/C)C(=O)N/C(N)=N/N. The van der Waals surface area contributed by atoms with Crippen LogP contribution in [-0.4, -0.2) is 11.9 Å². The lowest BCUT2D eigenvalue weighted by atomic mass is 10.2. The molecule has 0 saturated carbocycles. The Morgan fingerprint density at radius 3 is 2.47 bits per heavy atom. The van der Waals surface area contributed by atoms with E-state index in [0.29, 0.717) is 5.57 Å². The normalized spacial score (nSPS) is 13.7. The van der Waals surface area contributed by atoms with Crippen LogP contribution >= 0.6 is 0 Å². The minimum absolute atomic E-state index is 0.115. The van der Waals surface area contributed by atoms with Gasteiger partial charge in [0.1, 0.15) is 0 Å². The van der Waals surface area contributed by atoms with E-state index in [2.05, 4.69) is 10.4 Å². The van der Waals surface area contributed by atoms with E-state index in [1.807, 2.05) is 19.9 Å². The third kappa shape index (κ3) is 5.30. The Morgan fingerprint density at radius 2 is 2.00 bits per heavy atom. The highest BCUT2D eigenvalue weighted by atomic mass is 16.1. The fourth-order valence-corrected chi connectivity index (χ4v) is 0.807. The number of allylic oxidation sites excluding steroid dienone is 4. The van der Waals surface area contributed by atoms with Crippen molar-refractivity contribution in [2.24, 2.45) is 16.7 Å². The minimum atomic E-state index is -0.349. The lowest BCUT2D eigenvalue weighted by Crippen LogP contribution is -2.38. The molecule has 0 unspecified atom stereocenters. The van der Waals surface area contributed by atoms with Crippen LogP contribution in [0.3, 0.4) is 0 Å². The molecule has 0 aliphatic carbocycles. The maximum Gasteiger partial charge on any atom is 0.257 e. The monoisotopic (exact) mass is 208 g/mol. The van der Waals surface area contributed by atoms with E-state index in [1.54, 1.807) is 24.3 Å². The number of carbonyl (C=O) groups is 1. The Hall–Kier alpha value is -2.04.